The number of nitrogens with zero attached hydrogens (tertiary/aromatic N) is 2. The van der Waals surface area contributed by atoms with Crippen LogP contribution < -0.4 is 14.8 Å². The molecular weight excluding hydrogens is 458 g/mol. The summed E-state index contributed by atoms with van der Waals surface area (Å²) in [6, 6.07) is 6.62. The van der Waals surface area contributed by atoms with Crippen LogP contribution in [0.25, 0.3) is 11.1 Å². The van der Waals surface area contributed by atoms with Crippen molar-refractivity contribution >= 4 is 33.3 Å². The van der Waals surface area contributed by atoms with Gasteiger partial charge in [0.1, 0.15) is 28.1 Å². The highest BCUT2D eigenvalue weighted by Crippen LogP contribution is 2.37. The Morgan fingerprint density at radius 3 is 2.58 bits per heavy atom. The lowest BCUT2D eigenvalue weighted by atomic mass is 10.1. The van der Waals surface area contributed by atoms with E-state index in [-0.39, 0.29) is 41.1 Å². The van der Waals surface area contributed by atoms with Gasteiger partial charge in [0.05, 0.1) is 18.5 Å². The van der Waals surface area contributed by atoms with Crippen molar-refractivity contribution in [3.63, 3.8) is 0 Å². The maximum absolute atomic E-state index is 14.1. The quantitative estimate of drug-likeness (QED) is 0.583. The summed E-state index contributed by atoms with van der Waals surface area (Å²) in [5.74, 6) is -2.61. The minimum atomic E-state index is -4.39. The molecule has 0 fully saturated rings. The van der Waals surface area contributed by atoms with Gasteiger partial charge >= 0.3 is 0 Å². The lowest BCUT2D eigenvalue weighted by Gasteiger charge is -2.14. The molecule has 0 bridgehead atoms. The number of benzene rings is 2. The van der Waals surface area contributed by atoms with Gasteiger partial charge < -0.3 is 10.1 Å². The zero-order valence-electron chi connectivity index (χ0n) is 17.5. The number of amides is 1. The van der Waals surface area contributed by atoms with Gasteiger partial charge in [-0.15, -0.1) is 0 Å². The molecule has 9 nitrogen and oxygen atoms in total. The normalized spacial score (nSPS) is 13.8. The molecule has 12 heteroatoms. The standard InChI is InChI=1S/C21H18F2N4O5S/c1-11-20(21-24-18(28)7-8-19(29)27(21)25-11)12-3-6-16(32-2)17(9-12)33(30,31)26-15-5-4-13(22)10-14(15)23/h3-6,9-10,26H,7-8H2,1-2H3,(H,24,28). The number of fused-ring (bicyclic) bond motifs is 1. The van der Waals surface area contributed by atoms with Crippen LogP contribution in [0.1, 0.15) is 23.3 Å². The van der Waals surface area contributed by atoms with Gasteiger partial charge in [0.2, 0.25) is 11.8 Å². The topological polar surface area (TPSA) is 119 Å². The van der Waals surface area contributed by atoms with Crippen LogP contribution in [0.3, 0.4) is 0 Å². The van der Waals surface area contributed by atoms with Gasteiger partial charge in [-0.3, -0.25) is 14.3 Å². The molecule has 0 unspecified atom stereocenters. The van der Waals surface area contributed by atoms with Gasteiger partial charge in [0, 0.05) is 24.5 Å². The molecule has 172 valence electrons. The summed E-state index contributed by atoms with van der Waals surface area (Å²) in [5.41, 5.74) is 0.610. The van der Waals surface area contributed by atoms with E-state index in [0.29, 0.717) is 22.9 Å². The van der Waals surface area contributed by atoms with E-state index in [2.05, 4.69) is 15.1 Å². The number of nitrogens with one attached hydrogen (secondary N) is 2. The third-order valence-corrected chi connectivity index (χ3v) is 6.42. The fourth-order valence-corrected chi connectivity index (χ4v) is 4.77. The molecule has 3 aromatic rings. The number of methoxy groups -OCH3 is 1. The summed E-state index contributed by atoms with van der Waals surface area (Å²) < 4.78 is 61.7. The second-order valence-electron chi connectivity index (χ2n) is 7.26. The Balaban J connectivity index is 1.83. The van der Waals surface area contributed by atoms with E-state index in [4.69, 9.17) is 4.74 Å². The van der Waals surface area contributed by atoms with E-state index in [9.17, 15) is 26.8 Å². The predicted octanol–water partition coefficient (Wildman–Crippen LogP) is 3.32. The van der Waals surface area contributed by atoms with Crippen LogP contribution in [0.15, 0.2) is 41.3 Å². The van der Waals surface area contributed by atoms with Crippen molar-refractivity contribution in [2.75, 3.05) is 17.1 Å². The molecule has 0 spiro atoms. The number of aromatic nitrogens is 2. The van der Waals surface area contributed by atoms with Crippen molar-refractivity contribution in [1.29, 1.82) is 0 Å². The Labute approximate surface area is 187 Å². The van der Waals surface area contributed by atoms with Gasteiger partial charge in [-0.25, -0.2) is 17.2 Å². The highest BCUT2D eigenvalue weighted by Gasteiger charge is 2.28. The molecule has 1 aliphatic heterocycles. The maximum atomic E-state index is 14.1. The van der Waals surface area contributed by atoms with Gasteiger partial charge in [0.25, 0.3) is 10.0 Å². The van der Waals surface area contributed by atoms with Gasteiger partial charge in [-0.1, -0.05) is 6.07 Å². The van der Waals surface area contributed by atoms with E-state index in [1.165, 1.54) is 19.2 Å². The van der Waals surface area contributed by atoms with Crippen LogP contribution in [0.5, 0.6) is 5.75 Å². The number of halogens is 2. The minimum Gasteiger partial charge on any atom is -0.495 e. The Morgan fingerprint density at radius 2 is 1.88 bits per heavy atom. The Bertz CT molecular complexity index is 1400. The zero-order valence-corrected chi connectivity index (χ0v) is 18.3. The average Bonchev–Trinajstić information content (AvgIpc) is 3.02. The first-order chi connectivity index (χ1) is 15.6. The number of rotatable bonds is 5. The molecule has 2 heterocycles. The number of hydrogen-bond donors (Lipinski definition) is 2. The fourth-order valence-electron chi connectivity index (χ4n) is 3.50. The first kappa shape index (κ1) is 22.4. The number of aryl methyl sites for hydroxylation is 1. The van der Waals surface area contributed by atoms with Crippen LogP contribution in [-0.2, 0) is 14.8 Å². The number of carbonyl (C=O) groups excluding carboxylic acids is 2. The van der Waals surface area contributed by atoms with Gasteiger partial charge in [-0.05, 0) is 36.8 Å². The molecule has 0 saturated carbocycles. The second kappa shape index (κ2) is 8.28. The molecular formula is C21H18F2N4O5S. The summed E-state index contributed by atoms with van der Waals surface area (Å²) >= 11 is 0. The number of hydrogen-bond acceptors (Lipinski definition) is 6. The molecule has 4 rings (SSSR count). The lowest BCUT2D eigenvalue weighted by molar-refractivity contribution is -0.116. The first-order valence-corrected chi connectivity index (χ1v) is 11.2. The van der Waals surface area contributed by atoms with Crippen molar-refractivity contribution in [2.24, 2.45) is 0 Å². The Morgan fingerprint density at radius 1 is 1.12 bits per heavy atom. The van der Waals surface area contributed by atoms with Crippen LogP contribution in [0.2, 0.25) is 0 Å². The average molecular weight is 476 g/mol. The predicted molar refractivity (Wildman–Crippen MR) is 115 cm³/mol. The van der Waals surface area contributed by atoms with Crippen LogP contribution >= 0.6 is 0 Å². The molecule has 2 aromatic carbocycles. The number of carbonyl (C=O) groups is 2. The molecule has 1 aliphatic rings. The van der Waals surface area contributed by atoms with E-state index in [1.54, 1.807) is 13.0 Å². The van der Waals surface area contributed by atoms with Crippen molar-refractivity contribution in [3.8, 4) is 16.9 Å². The highest BCUT2D eigenvalue weighted by molar-refractivity contribution is 7.92. The minimum absolute atomic E-state index is 0.00389. The molecule has 1 amide bonds. The largest absolute Gasteiger partial charge is 0.495 e. The summed E-state index contributed by atoms with van der Waals surface area (Å²) in [6.45, 7) is 1.61. The van der Waals surface area contributed by atoms with Crippen molar-refractivity contribution < 1.29 is 31.5 Å². The van der Waals surface area contributed by atoms with Crippen LogP contribution in [-0.4, -0.2) is 37.1 Å². The van der Waals surface area contributed by atoms with Crippen LogP contribution in [0, 0.1) is 18.6 Å². The monoisotopic (exact) mass is 476 g/mol. The summed E-state index contributed by atoms with van der Waals surface area (Å²) in [6.07, 6.45) is -0.0230. The molecule has 1 aromatic heterocycles. The molecule has 33 heavy (non-hydrogen) atoms. The summed E-state index contributed by atoms with van der Waals surface area (Å²) in [7, 11) is -3.12. The molecule has 2 N–H and O–H groups in total. The number of anilines is 2. The van der Waals surface area contributed by atoms with Crippen molar-refractivity contribution in [1.82, 2.24) is 9.78 Å². The SMILES string of the molecule is COc1ccc(-c2c(C)nn3c2NC(=O)CCC3=O)cc1S(=O)(=O)Nc1ccc(F)cc1F. The van der Waals surface area contributed by atoms with Gasteiger partial charge in [0.15, 0.2) is 0 Å². The number of ether oxygens (including phenoxy) is 1. The van der Waals surface area contributed by atoms with Crippen molar-refractivity contribution in [2.45, 2.75) is 24.7 Å². The first-order valence-electron chi connectivity index (χ1n) is 9.69. The fraction of sp³-hybridized carbons (Fsp3) is 0.190. The molecule has 0 saturated heterocycles. The molecule has 0 atom stereocenters. The Hall–Kier alpha value is -3.80. The molecule has 0 radical (unpaired) electrons. The third kappa shape index (κ3) is 4.16. The lowest BCUT2D eigenvalue weighted by Crippen LogP contribution is -2.15. The zero-order chi connectivity index (χ0) is 23.9. The van der Waals surface area contributed by atoms with Crippen LogP contribution in [0.4, 0.5) is 20.3 Å². The maximum Gasteiger partial charge on any atom is 0.265 e. The van der Waals surface area contributed by atoms with Gasteiger partial charge in [-0.2, -0.15) is 9.78 Å². The van der Waals surface area contributed by atoms with E-state index < -0.39 is 27.3 Å². The molecule has 0 aliphatic carbocycles. The second-order valence-corrected chi connectivity index (χ2v) is 8.91. The highest BCUT2D eigenvalue weighted by atomic mass is 32.2. The third-order valence-electron chi connectivity index (χ3n) is 5.04. The van der Waals surface area contributed by atoms with E-state index in [0.717, 1.165) is 16.8 Å². The smallest absolute Gasteiger partial charge is 0.265 e. The summed E-state index contributed by atoms with van der Waals surface area (Å²) in [4.78, 5) is 24.1. The number of sulfonamides is 1. The van der Waals surface area contributed by atoms with E-state index in [1.807, 2.05) is 0 Å². The Kier molecular flexibility index (Phi) is 5.62. The van der Waals surface area contributed by atoms with Crippen molar-refractivity contribution in [3.05, 3.63) is 53.7 Å². The van der Waals surface area contributed by atoms with E-state index >= 15 is 0 Å². The summed E-state index contributed by atoms with van der Waals surface area (Å²) in [5, 5.41) is 6.84.